The van der Waals surface area contributed by atoms with Gasteiger partial charge in [0.25, 0.3) is 5.91 Å². The molecule has 3 aromatic rings. The molecule has 2 aromatic carbocycles. The molecule has 1 N–H and O–H groups in total. The van der Waals surface area contributed by atoms with E-state index in [0.717, 1.165) is 10.9 Å². The van der Waals surface area contributed by atoms with Gasteiger partial charge in [-0.2, -0.15) is 0 Å². The molecule has 0 aliphatic rings. The number of carbonyl (C=O) groups excluding carboxylic acids is 2. The summed E-state index contributed by atoms with van der Waals surface area (Å²) in [6.45, 7) is 2.09. The Morgan fingerprint density at radius 2 is 1.96 bits per heavy atom. The molecule has 0 saturated carbocycles. The van der Waals surface area contributed by atoms with E-state index in [4.69, 9.17) is 16.3 Å². The molecule has 0 aliphatic heterocycles. The van der Waals surface area contributed by atoms with Gasteiger partial charge in [-0.1, -0.05) is 29.8 Å². The Bertz CT molecular complexity index is 1010. The molecule has 27 heavy (non-hydrogen) atoms. The van der Waals surface area contributed by atoms with Crippen LogP contribution in [-0.4, -0.2) is 23.5 Å². The minimum Gasteiger partial charge on any atom is -0.463 e. The summed E-state index contributed by atoms with van der Waals surface area (Å²) in [5, 5.41) is 4.11. The number of amides is 1. The van der Waals surface area contributed by atoms with Crippen LogP contribution in [0.1, 0.15) is 22.8 Å². The zero-order valence-electron chi connectivity index (χ0n) is 14.6. The van der Waals surface area contributed by atoms with Crippen molar-refractivity contribution in [3.8, 4) is 0 Å². The Hall–Kier alpha value is -3.18. The first kappa shape index (κ1) is 18.6. The highest BCUT2D eigenvalue weighted by Crippen LogP contribution is 2.23. The topological polar surface area (TPSA) is 68.3 Å². The van der Waals surface area contributed by atoms with E-state index in [1.807, 2.05) is 6.07 Å². The molecular formula is C21H17ClN2O3. The van der Waals surface area contributed by atoms with Crippen molar-refractivity contribution < 1.29 is 14.3 Å². The highest BCUT2D eigenvalue weighted by atomic mass is 35.5. The fraction of sp³-hybridized carbons (Fsp3) is 0.0952. The molecule has 6 heteroatoms. The summed E-state index contributed by atoms with van der Waals surface area (Å²) in [5.41, 5.74) is 2.44. The van der Waals surface area contributed by atoms with Crippen LogP contribution in [0, 0.1) is 0 Å². The number of benzene rings is 2. The minimum atomic E-state index is -0.393. The van der Waals surface area contributed by atoms with E-state index in [2.05, 4.69) is 10.3 Å². The molecule has 0 fully saturated rings. The van der Waals surface area contributed by atoms with Crippen LogP contribution in [0.3, 0.4) is 0 Å². The Morgan fingerprint density at radius 3 is 2.70 bits per heavy atom. The highest BCUT2D eigenvalue weighted by molar-refractivity contribution is 6.32. The van der Waals surface area contributed by atoms with Crippen LogP contribution in [0.4, 0.5) is 5.69 Å². The fourth-order valence-corrected chi connectivity index (χ4v) is 2.79. The minimum absolute atomic E-state index is 0.295. The van der Waals surface area contributed by atoms with Gasteiger partial charge < -0.3 is 10.1 Å². The van der Waals surface area contributed by atoms with Gasteiger partial charge in [-0.3, -0.25) is 9.78 Å². The number of aromatic nitrogens is 1. The molecule has 136 valence electrons. The van der Waals surface area contributed by atoms with Gasteiger partial charge in [-0.25, -0.2) is 4.79 Å². The van der Waals surface area contributed by atoms with E-state index in [9.17, 15) is 9.59 Å². The molecule has 5 nitrogen and oxygen atoms in total. The van der Waals surface area contributed by atoms with Crippen molar-refractivity contribution in [3.05, 3.63) is 77.0 Å². The maximum absolute atomic E-state index is 12.7. The van der Waals surface area contributed by atoms with Crippen molar-refractivity contribution in [2.24, 2.45) is 0 Å². The van der Waals surface area contributed by atoms with Gasteiger partial charge in [0, 0.05) is 28.4 Å². The average molecular weight is 381 g/mol. The molecule has 0 aliphatic carbocycles. The van der Waals surface area contributed by atoms with Crippen molar-refractivity contribution in [2.75, 3.05) is 11.9 Å². The Morgan fingerprint density at radius 1 is 1.19 bits per heavy atom. The number of anilines is 1. The number of esters is 1. The molecular weight excluding hydrogens is 364 g/mol. The average Bonchev–Trinajstić information content (AvgIpc) is 2.67. The molecule has 0 unspecified atom stereocenters. The normalized spacial score (nSPS) is 10.9. The van der Waals surface area contributed by atoms with Crippen LogP contribution in [0.5, 0.6) is 0 Å². The summed E-state index contributed by atoms with van der Waals surface area (Å²) in [5.74, 6) is -0.689. The van der Waals surface area contributed by atoms with Crippen molar-refractivity contribution in [3.63, 3.8) is 0 Å². The van der Waals surface area contributed by atoms with Crippen LogP contribution in [0.15, 0.2) is 60.8 Å². The standard InChI is InChI=1S/C21H17ClN2O3/c1-2-27-19(25)10-7-14-5-8-17(9-6-14)24-21(26)18-13-16(22)12-15-4-3-11-23-20(15)18/h3-13H,2H2,1H3,(H,24,26). The number of pyridine rings is 1. The zero-order valence-corrected chi connectivity index (χ0v) is 15.4. The lowest BCUT2D eigenvalue weighted by Gasteiger charge is -2.08. The van der Waals surface area contributed by atoms with Gasteiger partial charge in [0.1, 0.15) is 0 Å². The number of hydrogen-bond acceptors (Lipinski definition) is 4. The van der Waals surface area contributed by atoms with Gasteiger partial charge in [0.2, 0.25) is 0 Å². The lowest BCUT2D eigenvalue weighted by atomic mass is 10.1. The van der Waals surface area contributed by atoms with Crippen LogP contribution < -0.4 is 5.32 Å². The van der Waals surface area contributed by atoms with Crippen molar-refractivity contribution in [1.29, 1.82) is 0 Å². The number of rotatable bonds is 5. The predicted molar refractivity (Wildman–Crippen MR) is 107 cm³/mol. The molecule has 0 radical (unpaired) electrons. The number of nitrogens with one attached hydrogen (secondary N) is 1. The smallest absolute Gasteiger partial charge is 0.330 e. The third-order valence-electron chi connectivity index (χ3n) is 3.78. The summed E-state index contributed by atoms with van der Waals surface area (Å²) in [6, 6.07) is 14.1. The number of fused-ring (bicyclic) bond motifs is 1. The summed E-state index contributed by atoms with van der Waals surface area (Å²) in [6.07, 6.45) is 4.65. The largest absolute Gasteiger partial charge is 0.463 e. The second-order valence-electron chi connectivity index (χ2n) is 5.69. The van der Waals surface area contributed by atoms with E-state index in [-0.39, 0.29) is 5.91 Å². The van der Waals surface area contributed by atoms with Crippen molar-refractivity contribution in [2.45, 2.75) is 6.92 Å². The molecule has 1 aromatic heterocycles. The van der Waals surface area contributed by atoms with Gasteiger partial charge >= 0.3 is 5.97 Å². The van der Waals surface area contributed by atoms with Crippen molar-refractivity contribution >= 4 is 46.1 Å². The molecule has 1 heterocycles. The summed E-state index contributed by atoms with van der Waals surface area (Å²) >= 11 is 6.12. The number of hydrogen-bond donors (Lipinski definition) is 1. The molecule has 0 saturated heterocycles. The summed E-state index contributed by atoms with van der Waals surface area (Å²) in [4.78, 5) is 28.3. The lowest BCUT2D eigenvalue weighted by Crippen LogP contribution is -2.12. The Kier molecular flexibility index (Phi) is 5.84. The second kappa shape index (κ2) is 8.47. The van der Waals surface area contributed by atoms with Crippen LogP contribution in [-0.2, 0) is 9.53 Å². The third-order valence-corrected chi connectivity index (χ3v) is 4.00. The first-order valence-electron chi connectivity index (χ1n) is 8.37. The molecule has 1 amide bonds. The van der Waals surface area contributed by atoms with Crippen LogP contribution in [0.2, 0.25) is 5.02 Å². The third kappa shape index (κ3) is 4.71. The maximum atomic E-state index is 12.7. The molecule has 0 bridgehead atoms. The van der Waals surface area contributed by atoms with Crippen LogP contribution >= 0.6 is 11.6 Å². The maximum Gasteiger partial charge on any atom is 0.330 e. The monoisotopic (exact) mass is 380 g/mol. The van der Waals surface area contributed by atoms with E-state index in [1.165, 1.54) is 6.08 Å². The van der Waals surface area contributed by atoms with Crippen molar-refractivity contribution in [1.82, 2.24) is 4.98 Å². The zero-order chi connectivity index (χ0) is 19.2. The first-order valence-corrected chi connectivity index (χ1v) is 8.75. The van der Waals surface area contributed by atoms with Gasteiger partial charge in [0.15, 0.2) is 0 Å². The van der Waals surface area contributed by atoms with Crippen LogP contribution in [0.25, 0.3) is 17.0 Å². The Balaban J connectivity index is 1.76. The van der Waals surface area contributed by atoms with E-state index in [1.54, 1.807) is 61.7 Å². The molecule has 0 atom stereocenters. The fourth-order valence-electron chi connectivity index (χ4n) is 2.56. The van der Waals surface area contributed by atoms with Gasteiger partial charge in [-0.05, 0) is 48.9 Å². The lowest BCUT2D eigenvalue weighted by molar-refractivity contribution is -0.137. The summed E-state index contributed by atoms with van der Waals surface area (Å²) < 4.78 is 4.83. The van der Waals surface area contributed by atoms with E-state index < -0.39 is 5.97 Å². The van der Waals surface area contributed by atoms with Gasteiger partial charge in [0.05, 0.1) is 17.7 Å². The molecule has 3 rings (SSSR count). The number of carbonyl (C=O) groups is 2. The van der Waals surface area contributed by atoms with Gasteiger partial charge in [-0.15, -0.1) is 0 Å². The number of ether oxygens (including phenoxy) is 1. The highest BCUT2D eigenvalue weighted by Gasteiger charge is 2.13. The number of halogens is 1. The second-order valence-corrected chi connectivity index (χ2v) is 6.13. The van der Waals surface area contributed by atoms with E-state index in [0.29, 0.717) is 28.4 Å². The predicted octanol–water partition coefficient (Wildman–Crippen LogP) is 4.72. The molecule has 0 spiro atoms. The SMILES string of the molecule is CCOC(=O)C=Cc1ccc(NC(=O)c2cc(Cl)cc3cccnc23)cc1. The van der Waals surface area contributed by atoms with E-state index >= 15 is 0 Å². The first-order chi connectivity index (χ1) is 13.1. The quantitative estimate of drug-likeness (QED) is 0.513. The summed E-state index contributed by atoms with van der Waals surface area (Å²) in [7, 11) is 0. The Labute approximate surface area is 161 Å². The number of nitrogens with zero attached hydrogens (tertiary/aromatic N) is 1.